The topological polar surface area (TPSA) is 52.8 Å². The van der Waals surface area contributed by atoms with Gasteiger partial charge in [-0.2, -0.15) is 0 Å². The number of nitrogens with zero attached hydrogens (tertiary/aromatic N) is 4. The molecule has 5 nitrogen and oxygen atoms in total. The van der Waals surface area contributed by atoms with Gasteiger partial charge in [-0.3, -0.25) is 0 Å². The lowest BCUT2D eigenvalue weighted by atomic mass is 10.2. The standard InChI is InChI=1S/C14H10ClFN4O/c15-14-6-11(16)5-4-10(14)8-21-13-3-1-2-12(7-13)20-9-17-18-19-20/h1-7,9H,8H2. The molecule has 3 aromatic rings. The van der Waals surface area contributed by atoms with Gasteiger partial charge in [-0.1, -0.05) is 23.7 Å². The van der Waals surface area contributed by atoms with Crippen LogP contribution in [0.1, 0.15) is 5.56 Å². The van der Waals surface area contributed by atoms with Crippen LogP contribution in [-0.2, 0) is 6.61 Å². The Labute approximate surface area is 124 Å². The molecule has 7 heteroatoms. The molecule has 1 heterocycles. The number of halogens is 2. The molecular weight excluding hydrogens is 295 g/mol. The second-order valence-corrected chi connectivity index (χ2v) is 4.68. The van der Waals surface area contributed by atoms with Crippen molar-refractivity contribution in [1.29, 1.82) is 0 Å². The van der Waals surface area contributed by atoms with Gasteiger partial charge in [-0.25, -0.2) is 9.07 Å². The molecule has 0 aliphatic carbocycles. The summed E-state index contributed by atoms with van der Waals surface area (Å²) in [6, 6.07) is 11.5. The van der Waals surface area contributed by atoms with E-state index in [1.807, 2.05) is 18.2 Å². The quantitative estimate of drug-likeness (QED) is 0.743. The van der Waals surface area contributed by atoms with E-state index in [4.69, 9.17) is 16.3 Å². The summed E-state index contributed by atoms with van der Waals surface area (Å²) in [5.74, 6) is 0.271. The van der Waals surface area contributed by atoms with E-state index in [9.17, 15) is 4.39 Å². The summed E-state index contributed by atoms with van der Waals surface area (Å²) in [6.45, 7) is 0.248. The van der Waals surface area contributed by atoms with Crippen molar-refractivity contribution in [2.24, 2.45) is 0 Å². The highest BCUT2D eigenvalue weighted by Crippen LogP contribution is 2.21. The highest BCUT2D eigenvalue weighted by Gasteiger charge is 2.04. The SMILES string of the molecule is Fc1ccc(COc2cccc(-n3cnnn3)c2)c(Cl)c1. The fourth-order valence-corrected chi connectivity index (χ4v) is 2.02. The normalized spacial score (nSPS) is 10.6. The Morgan fingerprint density at radius 3 is 2.86 bits per heavy atom. The summed E-state index contributed by atoms with van der Waals surface area (Å²) in [5, 5.41) is 11.3. The summed E-state index contributed by atoms with van der Waals surface area (Å²) in [7, 11) is 0. The number of hydrogen-bond acceptors (Lipinski definition) is 4. The number of aromatic nitrogens is 4. The Kier molecular flexibility index (Phi) is 3.79. The molecule has 21 heavy (non-hydrogen) atoms. The van der Waals surface area contributed by atoms with E-state index >= 15 is 0 Å². The van der Waals surface area contributed by atoms with Gasteiger partial charge in [0.2, 0.25) is 0 Å². The molecule has 106 valence electrons. The van der Waals surface area contributed by atoms with E-state index in [0.717, 1.165) is 5.69 Å². The van der Waals surface area contributed by atoms with Crippen LogP contribution in [0.2, 0.25) is 5.02 Å². The number of rotatable bonds is 4. The van der Waals surface area contributed by atoms with Gasteiger partial charge in [0.1, 0.15) is 24.5 Å². The number of tetrazole rings is 1. The smallest absolute Gasteiger partial charge is 0.143 e. The Balaban J connectivity index is 1.75. The molecule has 0 fully saturated rings. The average Bonchev–Trinajstić information content (AvgIpc) is 3.01. The van der Waals surface area contributed by atoms with Crippen LogP contribution in [0.25, 0.3) is 5.69 Å². The predicted octanol–water partition coefficient (Wildman–Crippen LogP) is 3.03. The maximum absolute atomic E-state index is 13.0. The molecule has 0 aliphatic rings. The minimum atomic E-state index is -0.371. The summed E-state index contributed by atoms with van der Waals surface area (Å²) in [5.41, 5.74) is 1.49. The number of ether oxygens (including phenoxy) is 1. The third-order valence-electron chi connectivity index (χ3n) is 2.84. The molecule has 0 saturated heterocycles. The minimum Gasteiger partial charge on any atom is -0.489 e. The average molecular weight is 305 g/mol. The first-order valence-corrected chi connectivity index (χ1v) is 6.50. The van der Waals surface area contributed by atoms with E-state index in [2.05, 4.69) is 15.5 Å². The molecule has 0 amide bonds. The van der Waals surface area contributed by atoms with Crippen molar-refractivity contribution in [2.45, 2.75) is 6.61 Å². The molecule has 0 atom stereocenters. The number of benzene rings is 2. The van der Waals surface area contributed by atoms with Gasteiger partial charge in [0.15, 0.2) is 0 Å². The molecule has 0 spiro atoms. The van der Waals surface area contributed by atoms with Crippen LogP contribution in [-0.4, -0.2) is 20.2 Å². The monoisotopic (exact) mass is 304 g/mol. The van der Waals surface area contributed by atoms with E-state index in [1.165, 1.54) is 23.1 Å². The molecule has 2 aromatic carbocycles. The van der Waals surface area contributed by atoms with Gasteiger partial charge in [0.25, 0.3) is 0 Å². The molecule has 0 N–H and O–H groups in total. The van der Waals surface area contributed by atoms with Crippen LogP contribution in [0.5, 0.6) is 5.75 Å². The zero-order valence-corrected chi connectivity index (χ0v) is 11.5. The lowest BCUT2D eigenvalue weighted by molar-refractivity contribution is 0.306. The number of hydrogen-bond donors (Lipinski definition) is 0. The predicted molar refractivity (Wildman–Crippen MR) is 74.9 cm³/mol. The van der Waals surface area contributed by atoms with Crippen LogP contribution in [0.3, 0.4) is 0 Å². The molecule has 0 unspecified atom stereocenters. The van der Waals surface area contributed by atoms with Gasteiger partial charge >= 0.3 is 0 Å². The molecule has 1 aromatic heterocycles. The van der Waals surface area contributed by atoms with Crippen molar-refractivity contribution >= 4 is 11.6 Å². The Hall–Kier alpha value is -2.47. The van der Waals surface area contributed by atoms with E-state index in [0.29, 0.717) is 16.3 Å². The lowest BCUT2D eigenvalue weighted by Crippen LogP contribution is -1.99. The third kappa shape index (κ3) is 3.17. The van der Waals surface area contributed by atoms with Gasteiger partial charge in [0.05, 0.1) is 10.7 Å². The molecule has 3 rings (SSSR count). The van der Waals surface area contributed by atoms with Crippen LogP contribution >= 0.6 is 11.6 Å². The van der Waals surface area contributed by atoms with E-state index in [-0.39, 0.29) is 12.4 Å². The van der Waals surface area contributed by atoms with Crippen LogP contribution in [0, 0.1) is 5.82 Å². The van der Waals surface area contributed by atoms with Crippen LogP contribution in [0.15, 0.2) is 48.8 Å². The van der Waals surface area contributed by atoms with Crippen molar-refractivity contribution in [3.8, 4) is 11.4 Å². The zero-order valence-electron chi connectivity index (χ0n) is 10.8. The fourth-order valence-electron chi connectivity index (χ4n) is 1.80. The Bertz CT molecular complexity index is 748. The van der Waals surface area contributed by atoms with Crippen molar-refractivity contribution < 1.29 is 9.13 Å². The van der Waals surface area contributed by atoms with Crippen LogP contribution < -0.4 is 4.74 Å². The van der Waals surface area contributed by atoms with Gasteiger partial charge in [-0.15, -0.1) is 5.10 Å². The highest BCUT2D eigenvalue weighted by atomic mass is 35.5. The maximum Gasteiger partial charge on any atom is 0.143 e. The maximum atomic E-state index is 13.0. The van der Waals surface area contributed by atoms with E-state index < -0.39 is 0 Å². The fraction of sp³-hybridized carbons (Fsp3) is 0.0714. The Morgan fingerprint density at radius 1 is 1.19 bits per heavy atom. The lowest BCUT2D eigenvalue weighted by Gasteiger charge is -2.09. The van der Waals surface area contributed by atoms with Crippen molar-refractivity contribution in [2.75, 3.05) is 0 Å². The summed E-state index contributed by atoms with van der Waals surface area (Å²) in [4.78, 5) is 0. The first kappa shape index (κ1) is 13.5. The summed E-state index contributed by atoms with van der Waals surface area (Å²) >= 11 is 5.96. The zero-order chi connectivity index (χ0) is 14.7. The minimum absolute atomic E-state index is 0.248. The highest BCUT2D eigenvalue weighted by molar-refractivity contribution is 6.31. The molecule has 0 radical (unpaired) electrons. The summed E-state index contributed by atoms with van der Waals surface area (Å²) in [6.07, 6.45) is 1.50. The molecular formula is C14H10ClFN4O. The second-order valence-electron chi connectivity index (χ2n) is 4.28. The molecule has 0 aliphatic heterocycles. The third-order valence-corrected chi connectivity index (χ3v) is 3.19. The van der Waals surface area contributed by atoms with Gasteiger partial charge < -0.3 is 4.74 Å². The first-order valence-electron chi connectivity index (χ1n) is 6.12. The van der Waals surface area contributed by atoms with E-state index in [1.54, 1.807) is 12.1 Å². The molecule has 0 bridgehead atoms. The summed E-state index contributed by atoms with van der Waals surface area (Å²) < 4.78 is 20.2. The van der Waals surface area contributed by atoms with Crippen LogP contribution in [0.4, 0.5) is 4.39 Å². The van der Waals surface area contributed by atoms with Gasteiger partial charge in [-0.05, 0) is 34.7 Å². The largest absolute Gasteiger partial charge is 0.489 e. The van der Waals surface area contributed by atoms with Crippen molar-refractivity contribution in [3.05, 3.63) is 65.2 Å². The Morgan fingerprint density at radius 2 is 2.10 bits per heavy atom. The second kappa shape index (κ2) is 5.88. The van der Waals surface area contributed by atoms with Crippen molar-refractivity contribution in [3.63, 3.8) is 0 Å². The first-order chi connectivity index (χ1) is 10.2. The van der Waals surface area contributed by atoms with Gasteiger partial charge in [0, 0.05) is 11.6 Å². The van der Waals surface area contributed by atoms with Crippen molar-refractivity contribution in [1.82, 2.24) is 20.2 Å². The molecule has 0 saturated carbocycles.